The van der Waals surface area contributed by atoms with Gasteiger partial charge < -0.3 is 4.74 Å². The molecule has 1 saturated carbocycles. The monoisotopic (exact) mass is 466 g/mol. The number of hydrogen-bond acceptors (Lipinski definition) is 3. The van der Waals surface area contributed by atoms with Gasteiger partial charge in [-0.1, -0.05) is 91.0 Å². The lowest BCUT2D eigenvalue weighted by atomic mass is 9.80. The van der Waals surface area contributed by atoms with Crippen molar-refractivity contribution < 1.29 is 4.74 Å². The number of nitrogens with one attached hydrogen (secondary N) is 1. The fourth-order valence-corrected chi connectivity index (χ4v) is 5.32. The lowest BCUT2D eigenvalue weighted by Crippen LogP contribution is -2.35. The molecule has 1 fully saturated rings. The SMILES string of the molecule is Cc1cn([C@H]2CC[C@@H](COC(c3ccccc3)(c3ccccc3)c3ccccc3)C2)c(=O)[nH]c1=O. The van der Waals surface area contributed by atoms with Crippen LogP contribution in [0.15, 0.2) is 107 Å². The molecule has 0 radical (unpaired) electrons. The molecule has 1 heterocycles. The van der Waals surface area contributed by atoms with E-state index in [0.717, 1.165) is 36.0 Å². The highest BCUT2D eigenvalue weighted by molar-refractivity contribution is 5.47. The van der Waals surface area contributed by atoms with Gasteiger partial charge in [0, 0.05) is 17.8 Å². The minimum absolute atomic E-state index is 0.0613. The molecule has 1 aliphatic rings. The summed E-state index contributed by atoms with van der Waals surface area (Å²) >= 11 is 0. The number of aromatic amines is 1. The zero-order chi connectivity index (χ0) is 24.3. The summed E-state index contributed by atoms with van der Waals surface area (Å²) < 4.78 is 8.67. The van der Waals surface area contributed by atoms with E-state index in [2.05, 4.69) is 77.8 Å². The average molecular weight is 467 g/mol. The van der Waals surface area contributed by atoms with Gasteiger partial charge in [0.25, 0.3) is 5.56 Å². The lowest BCUT2D eigenvalue weighted by Gasteiger charge is -2.37. The molecule has 3 aromatic carbocycles. The number of H-pyrrole nitrogens is 1. The van der Waals surface area contributed by atoms with Gasteiger partial charge in [0.15, 0.2) is 0 Å². The van der Waals surface area contributed by atoms with Gasteiger partial charge in [-0.15, -0.1) is 0 Å². The largest absolute Gasteiger partial charge is 0.361 e. The molecule has 35 heavy (non-hydrogen) atoms. The summed E-state index contributed by atoms with van der Waals surface area (Å²) in [5, 5.41) is 0. The predicted molar refractivity (Wildman–Crippen MR) is 138 cm³/mol. The molecular formula is C30H30N2O3. The van der Waals surface area contributed by atoms with E-state index < -0.39 is 5.60 Å². The van der Waals surface area contributed by atoms with Crippen molar-refractivity contribution in [2.75, 3.05) is 6.61 Å². The average Bonchev–Trinajstić information content (AvgIpc) is 3.37. The number of nitrogens with zero attached hydrogens (tertiary/aromatic N) is 1. The minimum Gasteiger partial charge on any atom is -0.361 e. The first-order valence-corrected chi connectivity index (χ1v) is 12.2. The Morgan fingerprint density at radius 1 is 0.829 bits per heavy atom. The van der Waals surface area contributed by atoms with Gasteiger partial charge in [-0.3, -0.25) is 14.3 Å². The zero-order valence-electron chi connectivity index (χ0n) is 19.9. The summed E-state index contributed by atoms with van der Waals surface area (Å²) in [6.45, 7) is 2.30. The van der Waals surface area contributed by atoms with Crippen molar-refractivity contribution in [3.05, 3.63) is 140 Å². The second-order valence-electron chi connectivity index (χ2n) is 9.40. The van der Waals surface area contributed by atoms with Crippen LogP contribution in [0.5, 0.6) is 0 Å². The Hall–Kier alpha value is -3.70. The molecule has 0 amide bonds. The van der Waals surface area contributed by atoms with E-state index in [9.17, 15) is 9.59 Å². The number of ether oxygens (including phenoxy) is 1. The quantitative estimate of drug-likeness (QED) is 0.381. The second kappa shape index (κ2) is 9.88. The molecule has 0 bridgehead atoms. The smallest absolute Gasteiger partial charge is 0.328 e. The van der Waals surface area contributed by atoms with Crippen LogP contribution >= 0.6 is 0 Å². The van der Waals surface area contributed by atoms with E-state index in [1.807, 2.05) is 18.2 Å². The highest BCUT2D eigenvalue weighted by Gasteiger charge is 2.39. The number of hydrogen-bond donors (Lipinski definition) is 1. The molecule has 0 saturated heterocycles. The Morgan fingerprint density at radius 3 is 1.86 bits per heavy atom. The Balaban J connectivity index is 1.47. The highest BCUT2D eigenvalue weighted by atomic mass is 16.5. The van der Waals surface area contributed by atoms with E-state index in [0.29, 0.717) is 18.1 Å². The van der Waals surface area contributed by atoms with Gasteiger partial charge in [0.2, 0.25) is 0 Å². The first-order valence-electron chi connectivity index (χ1n) is 12.2. The van der Waals surface area contributed by atoms with Gasteiger partial charge in [0.1, 0.15) is 5.60 Å². The molecule has 2 atom stereocenters. The first kappa shape index (κ1) is 23.1. The maximum Gasteiger partial charge on any atom is 0.328 e. The molecule has 178 valence electrons. The maximum atomic E-state index is 12.4. The molecule has 1 aromatic heterocycles. The van der Waals surface area contributed by atoms with Crippen molar-refractivity contribution in [1.82, 2.24) is 9.55 Å². The first-order chi connectivity index (χ1) is 17.1. The van der Waals surface area contributed by atoms with Gasteiger partial charge in [0.05, 0.1) is 6.61 Å². The van der Waals surface area contributed by atoms with E-state index in [-0.39, 0.29) is 17.3 Å². The van der Waals surface area contributed by atoms with Crippen LogP contribution in [-0.4, -0.2) is 16.2 Å². The molecule has 5 rings (SSSR count). The zero-order valence-corrected chi connectivity index (χ0v) is 19.9. The normalized spacial score (nSPS) is 18.0. The van der Waals surface area contributed by atoms with Gasteiger partial charge in [-0.05, 0) is 48.8 Å². The summed E-state index contributed by atoms with van der Waals surface area (Å²) in [7, 11) is 0. The fourth-order valence-electron chi connectivity index (χ4n) is 5.32. The third-order valence-corrected chi connectivity index (χ3v) is 7.13. The Morgan fingerprint density at radius 2 is 1.34 bits per heavy atom. The van der Waals surface area contributed by atoms with Crippen molar-refractivity contribution in [2.24, 2.45) is 5.92 Å². The minimum atomic E-state index is -0.743. The van der Waals surface area contributed by atoms with Crippen molar-refractivity contribution in [3.8, 4) is 0 Å². The summed E-state index contributed by atoms with van der Waals surface area (Å²) in [6.07, 6.45) is 4.37. The fraction of sp³-hybridized carbons (Fsp3) is 0.267. The van der Waals surface area contributed by atoms with Crippen LogP contribution in [0, 0.1) is 12.8 Å². The van der Waals surface area contributed by atoms with E-state index in [1.165, 1.54) is 0 Å². The summed E-state index contributed by atoms with van der Waals surface area (Å²) in [6, 6.07) is 31.2. The van der Waals surface area contributed by atoms with E-state index in [1.54, 1.807) is 17.7 Å². The second-order valence-corrected chi connectivity index (χ2v) is 9.40. The van der Waals surface area contributed by atoms with Crippen LogP contribution in [0.1, 0.15) is 47.6 Å². The lowest BCUT2D eigenvalue weighted by molar-refractivity contribution is -0.00767. The molecule has 0 aliphatic heterocycles. The number of benzene rings is 3. The third kappa shape index (κ3) is 4.52. The van der Waals surface area contributed by atoms with Crippen LogP contribution < -0.4 is 11.2 Å². The molecule has 5 nitrogen and oxygen atoms in total. The van der Waals surface area contributed by atoms with Crippen LogP contribution in [0.2, 0.25) is 0 Å². The van der Waals surface area contributed by atoms with Crippen molar-refractivity contribution >= 4 is 0 Å². The van der Waals surface area contributed by atoms with Crippen LogP contribution in [0.4, 0.5) is 0 Å². The standard InChI is InChI=1S/C30H30N2O3/c1-22-20-32(29(34)31-28(22)33)27-18-17-23(19-27)21-35-30(24-11-5-2-6-12-24,25-13-7-3-8-14-25)26-15-9-4-10-16-26/h2-16,20,23,27H,17-19,21H2,1H3,(H,31,33,34)/t23-,27+/m1/s1. The summed E-state index contributed by atoms with van der Waals surface area (Å²) in [5.41, 5.74) is 2.41. The number of aryl methyl sites for hydroxylation is 1. The van der Waals surface area contributed by atoms with Crippen molar-refractivity contribution in [1.29, 1.82) is 0 Å². The molecule has 4 aromatic rings. The van der Waals surface area contributed by atoms with E-state index >= 15 is 0 Å². The molecular weight excluding hydrogens is 436 g/mol. The summed E-state index contributed by atoms with van der Waals surface area (Å²) in [4.78, 5) is 26.7. The topological polar surface area (TPSA) is 64.1 Å². The summed E-state index contributed by atoms with van der Waals surface area (Å²) in [5.74, 6) is 0.301. The predicted octanol–water partition coefficient (Wildman–Crippen LogP) is 5.19. The highest BCUT2D eigenvalue weighted by Crippen LogP contribution is 2.42. The Labute approximate surface area is 205 Å². The van der Waals surface area contributed by atoms with Gasteiger partial charge in [-0.25, -0.2) is 4.79 Å². The molecule has 1 aliphatic carbocycles. The molecule has 5 heteroatoms. The van der Waals surface area contributed by atoms with Crippen molar-refractivity contribution in [2.45, 2.75) is 37.8 Å². The number of aromatic nitrogens is 2. The molecule has 0 unspecified atom stereocenters. The van der Waals surface area contributed by atoms with Crippen LogP contribution in [0.3, 0.4) is 0 Å². The Kier molecular flexibility index (Phi) is 6.51. The Bertz CT molecular complexity index is 1280. The van der Waals surface area contributed by atoms with Crippen LogP contribution in [-0.2, 0) is 10.3 Å². The molecule has 0 spiro atoms. The van der Waals surface area contributed by atoms with E-state index in [4.69, 9.17) is 4.74 Å². The van der Waals surface area contributed by atoms with Gasteiger partial charge in [-0.2, -0.15) is 0 Å². The molecule has 1 N–H and O–H groups in total. The van der Waals surface area contributed by atoms with Crippen LogP contribution in [0.25, 0.3) is 0 Å². The third-order valence-electron chi connectivity index (χ3n) is 7.13. The van der Waals surface area contributed by atoms with Crippen molar-refractivity contribution in [3.63, 3.8) is 0 Å². The number of rotatable bonds is 7. The van der Waals surface area contributed by atoms with Gasteiger partial charge >= 0.3 is 5.69 Å². The maximum absolute atomic E-state index is 12.4.